The minimum atomic E-state index is -3.60. The molecule has 0 unspecified atom stereocenters. The van der Waals surface area contributed by atoms with Crippen molar-refractivity contribution in [2.75, 3.05) is 11.8 Å². The topological polar surface area (TPSA) is 81.4 Å². The zero-order valence-electron chi connectivity index (χ0n) is 10.6. The number of hydrogen-bond acceptors (Lipinski definition) is 5. The molecule has 0 aliphatic heterocycles. The molecule has 2 aromatic rings. The lowest BCUT2D eigenvalue weighted by Crippen LogP contribution is -2.11. The fraction of sp³-hybridized carbons (Fsp3) is 0.167. The second-order valence-corrected chi connectivity index (χ2v) is 7.61. The van der Waals surface area contributed by atoms with Crippen LogP contribution in [-0.2, 0) is 16.6 Å². The van der Waals surface area contributed by atoms with Gasteiger partial charge in [-0.25, -0.2) is 8.42 Å². The van der Waals surface area contributed by atoms with Crippen LogP contribution in [-0.4, -0.2) is 15.5 Å². The standard InChI is InChI=1S/C12H13BrN2O3S2/c1-18-11-5-9(2-3-10(11)13)15-20(16,17)12-4-8(6-14)7-19-12/h2-5,7,15H,6,14H2,1H3. The van der Waals surface area contributed by atoms with Gasteiger partial charge in [0.2, 0.25) is 0 Å². The molecule has 0 aliphatic carbocycles. The molecule has 0 atom stereocenters. The maximum atomic E-state index is 12.2. The van der Waals surface area contributed by atoms with Gasteiger partial charge in [0.15, 0.2) is 0 Å². The van der Waals surface area contributed by atoms with E-state index in [-0.39, 0.29) is 4.21 Å². The Morgan fingerprint density at radius 3 is 2.75 bits per heavy atom. The monoisotopic (exact) mass is 376 g/mol. The Labute approximate surface area is 129 Å². The van der Waals surface area contributed by atoms with Crippen LogP contribution in [0.15, 0.2) is 38.3 Å². The number of hydrogen-bond donors (Lipinski definition) is 2. The van der Waals surface area contributed by atoms with Gasteiger partial charge in [0.1, 0.15) is 9.96 Å². The Bertz CT molecular complexity index is 713. The van der Waals surface area contributed by atoms with Crippen molar-refractivity contribution in [3.63, 3.8) is 0 Å². The van der Waals surface area contributed by atoms with Gasteiger partial charge in [-0.15, -0.1) is 11.3 Å². The van der Waals surface area contributed by atoms with Crippen LogP contribution in [0, 0.1) is 0 Å². The largest absolute Gasteiger partial charge is 0.495 e. The van der Waals surface area contributed by atoms with Crippen molar-refractivity contribution >= 4 is 43.0 Å². The van der Waals surface area contributed by atoms with E-state index in [0.29, 0.717) is 18.0 Å². The van der Waals surface area contributed by atoms with Gasteiger partial charge >= 0.3 is 0 Å². The van der Waals surface area contributed by atoms with Gasteiger partial charge in [0.05, 0.1) is 17.3 Å². The minimum absolute atomic E-state index is 0.236. The van der Waals surface area contributed by atoms with E-state index in [0.717, 1.165) is 21.4 Å². The number of sulfonamides is 1. The van der Waals surface area contributed by atoms with Crippen molar-refractivity contribution in [2.24, 2.45) is 5.73 Å². The highest BCUT2D eigenvalue weighted by Gasteiger charge is 2.17. The molecule has 108 valence electrons. The number of thiophene rings is 1. The molecule has 0 fully saturated rings. The lowest BCUT2D eigenvalue weighted by atomic mass is 10.3. The number of anilines is 1. The normalized spacial score (nSPS) is 11.3. The molecular weight excluding hydrogens is 364 g/mol. The van der Waals surface area contributed by atoms with E-state index in [1.807, 2.05) is 0 Å². The molecule has 3 N–H and O–H groups in total. The predicted molar refractivity (Wildman–Crippen MR) is 83.7 cm³/mol. The molecule has 8 heteroatoms. The van der Waals surface area contributed by atoms with Crippen LogP contribution in [0.1, 0.15) is 5.56 Å². The molecule has 1 aromatic carbocycles. The number of methoxy groups -OCH3 is 1. The van der Waals surface area contributed by atoms with Crippen molar-refractivity contribution < 1.29 is 13.2 Å². The third-order valence-electron chi connectivity index (χ3n) is 2.53. The van der Waals surface area contributed by atoms with Gasteiger partial charge in [-0.3, -0.25) is 4.72 Å². The van der Waals surface area contributed by atoms with Crippen molar-refractivity contribution in [3.8, 4) is 5.75 Å². The second kappa shape index (κ2) is 6.13. The highest BCUT2D eigenvalue weighted by Crippen LogP contribution is 2.29. The first-order chi connectivity index (χ1) is 9.46. The lowest BCUT2D eigenvalue weighted by molar-refractivity contribution is 0.412. The summed E-state index contributed by atoms with van der Waals surface area (Å²) < 4.78 is 33.1. The van der Waals surface area contributed by atoms with E-state index in [1.54, 1.807) is 29.6 Å². The highest BCUT2D eigenvalue weighted by atomic mass is 79.9. The average molecular weight is 377 g/mol. The summed E-state index contributed by atoms with van der Waals surface area (Å²) in [6.45, 7) is 0.318. The van der Waals surface area contributed by atoms with Crippen LogP contribution in [0.2, 0.25) is 0 Å². The predicted octanol–water partition coefficient (Wildman–Crippen LogP) is 2.78. The number of rotatable bonds is 5. The first kappa shape index (κ1) is 15.3. The Balaban J connectivity index is 2.28. The van der Waals surface area contributed by atoms with E-state index in [1.165, 1.54) is 7.11 Å². The molecule has 5 nitrogen and oxygen atoms in total. The molecule has 0 radical (unpaired) electrons. The lowest BCUT2D eigenvalue weighted by Gasteiger charge is -2.09. The summed E-state index contributed by atoms with van der Waals surface area (Å²) >= 11 is 4.46. The first-order valence-corrected chi connectivity index (χ1v) is 8.75. The summed E-state index contributed by atoms with van der Waals surface area (Å²) in [5, 5.41) is 1.73. The van der Waals surface area contributed by atoms with Crippen LogP contribution >= 0.6 is 27.3 Å². The summed E-state index contributed by atoms with van der Waals surface area (Å²) in [5.74, 6) is 0.555. The van der Waals surface area contributed by atoms with E-state index >= 15 is 0 Å². The van der Waals surface area contributed by atoms with Crippen LogP contribution in [0.5, 0.6) is 5.75 Å². The van der Waals surface area contributed by atoms with E-state index < -0.39 is 10.0 Å². The number of benzene rings is 1. The zero-order chi connectivity index (χ0) is 14.8. The molecule has 2 rings (SSSR count). The Kier molecular flexibility index (Phi) is 4.69. The van der Waals surface area contributed by atoms with Crippen LogP contribution in [0.3, 0.4) is 0 Å². The summed E-state index contributed by atoms with van der Waals surface area (Å²) in [4.78, 5) is 0. The van der Waals surface area contributed by atoms with Crippen LogP contribution < -0.4 is 15.2 Å². The molecule has 0 saturated heterocycles. The molecule has 0 saturated carbocycles. The summed E-state index contributed by atoms with van der Waals surface area (Å²) in [6, 6.07) is 6.56. The first-order valence-electron chi connectivity index (χ1n) is 5.60. The van der Waals surface area contributed by atoms with Crippen molar-refractivity contribution in [1.29, 1.82) is 0 Å². The Morgan fingerprint density at radius 2 is 2.15 bits per heavy atom. The van der Waals surface area contributed by atoms with E-state index in [2.05, 4.69) is 20.7 Å². The fourth-order valence-corrected chi connectivity index (χ4v) is 4.21. The molecule has 0 spiro atoms. The molecule has 20 heavy (non-hydrogen) atoms. The van der Waals surface area contributed by atoms with Crippen molar-refractivity contribution in [2.45, 2.75) is 10.8 Å². The van der Waals surface area contributed by atoms with Gasteiger partial charge < -0.3 is 10.5 Å². The van der Waals surface area contributed by atoms with Crippen LogP contribution in [0.25, 0.3) is 0 Å². The molecule has 1 heterocycles. The number of nitrogens with two attached hydrogens (primary N) is 1. The molecule has 0 aliphatic rings. The third kappa shape index (κ3) is 3.32. The SMILES string of the molecule is COc1cc(NS(=O)(=O)c2cc(CN)cs2)ccc1Br. The minimum Gasteiger partial charge on any atom is -0.495 e. The number of halogens is 1. The smallest absolute Gasteiger partial charge is 0.271 e. The van der Waals surface area contributed by atoms with Gasteiger partial charge in [0.25, 0.3) is 10.0 Å². The zero-order valence-corrected chi connectivity index (χ0v) is 13.8. The summed E-state index contributed by atoms with van der Waals surface area (Å²) in [6.07, 6.45) is 0. The van der Waals surface area contributed by atoms with Crippen molar-refractivity contribution in [1.82, 2.24) is 0 Å². The second-order valence-electron chi connectivity index (χ2n) is 3.93. The molecular formula is C12H13BrN2O3S2. The summed E-state index contributed by atoms with van der Waals surface area (Å²) in [5.41, 5.74) is 6.72. The fourth-order valence-electron chi connectivity index (χ4n) is 1.53. The van der Waals surface area contributed by atoms with Crippen LogP contribution in [0.4, 0.5) is 5.69 Å². The molecule has 0 bridgehead atoms. The van der Waals surface area contributed by atoms with Gasteiger partial charge in [-0.05, 0) is 45.1 Å². The average Bonchev–Trinajstić information content (AvgIpc) is 2.90. The molecule has 1 aromatic heterocycles. The van der Waals surface area contributed by atoms with E-state index in [4.69, 9.17) is 10.5 Å². The highest BCUT2D eigenvalue weighted by molar-refractivity contribution is 9.10. The quantitative estimate of drug-likeness (QED) is 0.840. The maximum Gasteiger partial charge on any atom is 0.271 e. The Morgan fingerprint density at radius 1 is 1.40 bits per heavy atom. The van der Waals surface area contributed by atoms with Gasteiger partial charge in [0, 0.05) is 12.6 Å². The van der Waals surface area contributed by atoms with Crippen molar-refractivity contribution in [3.05, 3.63) is 39.7 Å². The van der Waals surface area contributed by atoms with Gasteiger partial charge in [-0.1, -0.05) is 0 Å². The summed E-state index contributed by atoms with van der Waals surface area (Å²) in [7, 11) is -2.08. The molecule has 0 amide bonds. The number of ether oxygens (including phenoxy) is 1. The Hall–Kier alpha value is -1.09. The maximum absolute atomic E-state index is 12.2. The van der Waals surface area contributed by atoms with E-state index in [9.17, 15) is 8.42 Å². The number of nitrogens with one attached hydrogen (secondary N) is 1. The third-order valence-corrected chi connectivity index (χ3v) is 6.06. The van der Waals surface area contributed by atoms with Gasteiger partial charge in [-0.2, -0.15) is 0 Å².